The summed E-state index contributed by atoms with van der Waals surface area (Å²) in [4.78, 5) is 36.5. The fraction of sp³-hybridized carbons (Fsp3) is 0.323. The SMILES string of the molecule is O=C(CCCCC1SCC2NC(=O)NC21)Nc1ccc(NC(=O)OCC2c3ccccc3-c3ccccc32)cc1O. The lowest BCUT2D eigenvalue weighted by atomic mass is 9.98. The van der Waals surface area contributed by atoms with Crippen LogP contribution in [0.3, 0.4) is 0 Å². The summed E-state index contributed by atoms with van der Waals surface area (Å²) in [5.41, 5.74) is 5.21. The average Bonchev–Trinajstić information content (AvgIpc) is 3.62. The molecule has 4 amide bonds. The number of carbonyl (C=O) groups is 3. The number of aromatic hydroxyl groups is 1. The number of anilines is 2. The molecule has 3 aromatic rings. The summed E-state index contributed by atoms with van der Waals surface area (Å²) in [5.74, 6) is 0.534. The van der Waals surface area contributed by atoms with Crippen LogP contribution in [-0.2, 0) is 9.53 Å². The van der Waals surface area contributed by atoms with Crippen LogP contribution < -0.4 is 21.3 Å². The van der Waals surface area contributed by atoms with Gasteiger partial charge in [0.15, 0.2) is 0 Å². The third-order valence-electron chi connectivity index (χ3n) is 7.94. The number of benzene rings is 3. The van der Waals surface area contributed by atoms with E-state index in [2.05, 4.69) is 45.5 Å². The molecule has 3 aromatic carbocycles. The standard InChI is InChI=1S/C31H32N4O5S/c36-26-15-18(32-31(39)40-16-23-21-9-3-1-7-19(21)20-8-2-4-10-22(20)23)13-14-24(26)33-28(37)12-6-5-11-27-29-25(17-41-27)34-30(38)35-29/h1-4,7-10,13-15,23,25,27,29,36H,5-6,11-12,16-17H2,(H,32,39)(H,33,37)(H2,34,35,38). The van der Waals surface area contributed by atoms with Crippen LogP contribution in [0.1, 0.15) is 42.7 Å². The molecular weight excluding hydrogens is 540 g/mol. The van der Waals surface area contributed by atoms with Crippen molar-refractivity contribution in [3.8, 4) is 16.9 Å². The number of phenols is 1. The van der Waals surface area contributed by atoms with Gasteiger partial charge in [-0.15, -0.1) is 0 Å². The van der Waals surface area contributed by atoms with Crippen molar-refractivity contribution in [1.29, 1.82) is 0 Å². The maximum atomic E-state index is 12.6. The molecule has 0 spiro atoms. The number of amides is 4. The van der Waals surface area contributed by atoms with E-state index in [1.807, 2.05) is 36.0 Å². The Morgan fingerprint density at radius 1 is 0.951 bits per heavy atom. The number of thioether (sulfide) groups is 1. The Bertz CT molecular complexity index is 1430. The number of hydrogen-bond acceptors (Lipinski definition) is 6. The van der Waals surface area contributed by atoms with E-state index in [0.29, 0.717) is 23.8 Å². The minimum atomic E-state index is -0.622. The Hall–Kier alpha value is -4.18. The molecule has 0 bridgehead atoms. The van der Waals surface area contributed by atoms with E-state index in [0.717, 1.165) is 40.8 Å². The van der Waals surface area contributed by atoms with Crippen LogP contribution in [0.4, 0.5) is 21.0 Å². The van der Waals surface area contributed by atoms with Gasteiger partial charge < -0.3 is 25.8 Å². The maximum Gasteiger partial charge on any atom is 0.411 e. The summed E-state index contributed by atoms with van der Waals surface area (Å²) in [5, 5.41) is 22.1. The van der Waals surface area contributed by atoms with E-state index in [-0.39, 0.29) is 48.0 Å². The van der Waals surface area contributed by atoms with Crippen LogP contribution in [0.5, 0.6) is 5.75 Å². The molecule has 9 nitrogen and oxygen atoms in total. The van der Waals surface area contributed by atoms with Crippen molar-refractivity contribution in [3.63, 3.8) is 0 Å². The largest absolute Gasteiger partial charge is 0.506 e. The number of hydrogen-bond donors (Lipinski definition) is 5. The zero-order chi connectivity index (χ0) is 28.3. The first-order valence-corrected chi connectivity index (χ1v) is 14.9. The first-order chi connectivity index (χ1) is 20.0. The van der Waals surface area contributed by atoms with E-state index in [1.54, 1.807) is 12.1 Å². The van der Waals surface area contributed by atoms with Crippen molar-refractivity contribution in [2.75, 3.05) is 23.0 Å². The summed E-state index contributed by atoms with van der Waals surface area (Å²) in [7, 11) is 0. The Morgan fingerprint density at radius 2 is 1.68 bits per heavy atom. The van der Waals surface area contributed by atoms with Crippen molar-refractivity contribution < 1.29 is 24.2 Å². The van der Waals surface area contributed by atoms with Crippen LogP contribution >= 0.6 is 11.8 Å². The number of ether oxygens (including phenoxy) is 1. The summed E-state index contributed by atoms with van der Waals surface area (Å²) in [6.45, 7) is 0.187. The first kappa shape index (κ1) is 27.0. The second kappa shape index (κ2) is 11.7. The van der Waals surface area contributed by atoms with E-state index >= 15 is 0 Å². The molecule has 0 saturated carbocycles. The average molecular weight is 573 g/mol. The van der Waals surface area contributed by atoms with Gasteiger partial charge in [0, 0.05) is 35.1 Å². The molecular formula is C31H32N4O5S. The molecule has 2 heterocycles. The van der Waals surface area contributed by atoms with Crippen molar-refractivity contribution in [2.45, 2.75) is 48.9 Å². The van der Waals surface area contributed by atoms with E-state index < -0.39 is 6.09 Å². The van der Waals surface area contributed by atoms with Gasteiger partial charge in [-0.25, -0.2) is 9.59 Å². The normalized spacial score (nSPS) is 20.4. The molecule has 2 saturated heterocycles. The van der Waals surface area contributed by atoms with Gasteiger partial charge in [-0.2, -0.15) is 11.8 Å². The molecule has 212 valence electrons. The molecule has 3 aliphatic rings. The number of urea groups is 1. The quantitative estimate of drug-likeness (QED) is 0.132. The van der Waals surface area contributed by atoms with Crippen molar-refractivity contribution in [3.05, 3.63) is 77.9 Å². The minimum absolute atomic E-state index is 0.0476. The van der Waals surface area contributed by atoms with Gasteiger partial charge in [0.2, 0.25) is 5.91 Å². The highest BCUT2D eigenvalue weighted by Crippen LogP contribution is 2.44. The fourth-order valence-electron chi connectivity index (χ4n) is 5.95. The molecule has 3 unspecified atom stereocenters. The third-order valence-corrected chi connectivity index (χ3v) is 9.45. The second-order valence-corrected chi connectivity index (χ2v) is 11.9. The summed E-state index contributed by atoms with van der Waals surface area (Å²) in [6, 6.07) is 21.1. The molecule has 0 radical (unpaired) electrons. The van der Waals surface area contributed by atoms with Gasteiger partial charge in [-0.1, -0.05) is 55.0 Å². The van der Waals surface area contributed by atoms with Gasteiger partial charge in [-0.05, 0) is 47.2 Å². The molecule has 3 atom stereocenters. The molecule has 1 aliphatic carbocycles. The Morgan fingerprint density at radius 3 is 2.41 bits per heavy atom. The van der Waals surface area contributed by atoms with Gasteiger partial charge >= 0.3 is 12.1 Å². The first-order valence-electron chi connectivity index (χ1n) is 13.9. The Balaban J connectivity index is 0.954. The topological polar surface area (TPSA) is 129 Å². The summed E-state index contributed by atoms with van der Waals surface area (Å²) < 4.78 is 5.57. The summed E-state index contributed by atoms with van der Waals surface area (Å²) in [6.07, 6.45) is 2.23. The Kier molecular flexibility index (Phi) is 7.74. The monoisotopic (exact) mass is 572 g/mol. The fourth-order valence-corrected chi connectivity index (χ4v) is 7.50. The number of phenolic OH excluding ortho intramolecular Hbond substituents is 1. The predicted molar refractivity (Wildman–Crippen MR) is 159 cm³/mol. The molecule has 41 heavy (non-hydrogen) atoms. The molecule has 6 rings (SSSR count). The smallest absolute Gasteiger partial charge is 0.411 e. The van der Waals surface area contributed by atoms with Crippen LogP contribution in [0.2, 0.25) is 0 Å². The van der Waals surface area contributed by atoms with Crippen LogP contribution in [-0.4, -0.2) is 52.8 Å². The van der Waals surface area contributed by atoms with E-state index in [1.165, 1.54) is 6.07 Å². The number of nitrogens with one attached hydrogen (secondary N) is 4. The zero-order valence-electron chi connectivity index (χ0n) is 22.4. The van der Waals surface area contributed by atoms with Crippen molar-refractivity contribution in [2.24, 2.45) is 0 Å². The predicted octanol–water partition coefficient (Wildman–Crippen LogP) is 5.42. The zero-order valence-corrected chi connectivity index (χ0v) is 23.2. The number of fused-ring (bicyclic) bond motifs is 4. The molecule has 0 aromatic heterocycles. The van der Waals surface area contributed by atoms with Crippen LogP contribution in [0.25, 0.3) is 11.1 Å². The third kappa shape index (κ3) is 5.83. The highest BCUT2D eigenvalue weighted by atomic mass is 32.2. The van der Waals surface area contributed by atoms with Gasteiger partial charge in [0.05, 0.1) is 17.8 Å². The summed E-state index contributed by atoms with van der Waals surface area (Å²) >= 11 is 1.86. The lowest BCUT2D eigenvalue weighted by molar-refractivity contribution is -0.116. The van der Waals surface area contributed by atoms with Crippen LogP contribution in [0, 0.1) is 0 Å². The van der Waals surface area contributed by atoms with Gasteiger partial charge in [-0.3, -0.25) is 10.1 Å². The number of unbranched alkanes of at least 4 members (excludes halogenated alkanes) is 1. The van der Waals surface area contributed by atoms with Gasteiger partial charge in [0.1, 0.15) is 12.4 Å². The molecule has 2 fully saturated rings. The molecule has 10 heteroatoms. The second-order valence-electron chi connectivity index (χ2n) is 10.6. The lowest BCUT2D eigenvalue weighted by Crippen LogP contribution is -2.36. The van der Waals surface area contributed by atoms with Crippen molar-refractivity contribution >= 4 is 41.2 Å². The highest BCUT2D eigenvalue weighted by Gasteiger charge is 2.42. The maximum absolute atomic E-state index is 12.6. The Labute approximate surface area is 242 Å². The van der Waals surface area contributed by atoms with E-state index in [4.69, 9.17) is 4.74 Å². The molecule has 5 N–H and O–H groups in total. The van der Waals surface area contributed by atoms with Gasteiger partial charge in [0.25, 0.3) is 0 Å². The molecule has 2 aliphatic heterocycles. The van der Waals surface area contributed by atoms with Crippen molar-refractivity contribution in [1.82, 2.24) is 10.6 Å². The number of carbonyl (C=O) groups excluding carboxylic acids is 3. The minimum Gasteiger partial charge on any atom is -0.506 e. The van der Waals surface area contributed by atoms with Crippen LogP contribution in [0.15, 0.2) is 66.7 Å². The lowest BCUT2D eigenvalue weighted by Gasteiger charge is -2.16. The number of rotatable bonds is 9. The highest BCUT2D eigenvalue weighted by molar-refractivity contribution is 8.00. The van der Waals surface area contributed by atoms with E-state index in [9.17, 15) is 19.5 Å².